The molecule has 1 aromatic heterocycles. The van der Waals surface area contributed by atoms with Crippen LogP contribution in [0.5, 0.6) is 0 Å². The largest absolute Gasteiger partial charge is 0.381 e. The lowest BCUT2D eigenvalue weighted by Crippen LogP contribution is -2.59. The molecule has 2 aliphatic heterocycles. The SMILES string of the molecule is O=S(=O)(c1ccsc1)N1CC2(CCOCC2)C1. The van der Waals surface area contributed by atoms with E-state index in [-0.39, 0.29) is 5.41 Å². The highest BCUT2D eigenvalue weighted by molar-refractivity contribution is 7.89. The van der Waals surface area contributed by atoms with Gasteiger partial charge in [-0.3, -0.25) is 0 Å². The third-order valence-corrected chi connectivity index (χ3v) is 6.33. The predicted molar refractivity (Wildman–Crippen MR) is 65.6 cm³/mol. The molecule has 0 aliphatic carbocycles. The summed E-state index contributed by atoms with van der Waals surface area (Å²) in [4.78, 5) is 0.435. The standard InChI is InChI=1S/C11H15NO3S2/c13-17(14,10-1-6-16-7-10)12-8-11(9-12)2-4-15-5-3-11/h1,6-7H,2-5,8-9H2. The quantitative estimate of drug-likeness (QED) is 0.821. The number of thiophene rings is 1. The van der Waals surface area contributed by atoms with Crippen molar-refractivity contribution in [2.75, 3.05) is 26.3 Å². The summed E-state index contributed by atoms with van der Waals surface area (Å²) in [6, 6.07) is 1.68. The summed E-state index contributed by atoms with van der Waals surface area (Å²) < 4.78 is 31.3. The summed E-state index contributed by atoms with van der Waals surface area (Å²) in [7, 11) is -3.23. The van der Waals surface area contributed by atoms with E-state index in [9.17, 15) is 8.42 Å². The molecule has 0 bridgehead atoms. The molecule has 0 amide bonds. The first-order valence-corrected chi connectivity index (χ1v) is 8.11. The molecule has 2 fully saturated rings. The minimum Gasteiger partial charge on any atom is -0.381 e. The van der Waals surface area contributed by atoms with Gasteiger partial charge in [0.25, 0.3) is 0 Å². The number of sulfonamides is 1. The van der Waals surface area contributed by atoms with Crippen LogP contribution in [0.4, 0.5) is 0 Å². The first-order valence-electron chi connectivity index (χ1n) is 5.73. The minimum atomic E-state index is -3.23. The van der Waals surface area contributed by atoms with Gasteiger partial charge >= 0.3 is 0 Å². The Labute approximate surface area is 105 Å². The fourth-order valence-corrected chi connectivity index (χ4v) is 5.22. The molecule has 4 nitrogen and oxygen atoms in total. The third-order valence-electron chi connectivity index (χ3n) is 3.71. The number of nitrogens with zero attached hydrogens (tertiary/aromatic N) is 1. The first kappa shape index (κ1) is 11.6. The Hall–Kier alpha value is -0.430. The molecule has 0 radical (unpaired) electrons. The van der Waals surface area contributed by atoms with Crippen molar-refractivity contribution in [1.29, 1.82) is 0 Å². The number of rotatable bonds is 2. The normalized spacial score (nSPS) is 24.7. The predicted octanol–water partition coefficient (Wildman–Crippen LogP) is 1.55. The van der Waals surface area contributed by atoms with Crippen molar-refractivity contribution >= 4 is 21.4 Å². The highest BCUT2D eigenvalue weighted by Crippen LogP contribution is 2.42. The zero-order chi connectivity index (χ0) is 11.9. The molecule has 0 aromatic carbocycles. The summed E-state index contributed by atoms with van der Waals surface area (Å²) in [5, 5.41) is 3.50. The van der Waals surface area contributed by atoms with Gasteiger partial charge in [-0.15, -0.1) is 0 Å². The molecular weight excluding hydrogens is 258 g/mol. The Kier molecular flexibility index (Phi) is 2.77. The van der Waals surface area contributed by atoms with E-state index >= 15 is 0 Å². The fourth-order valence-electron chi connectivity index (χ4n) is 2.54. The van der Waals surface area contributed by atoms with Gasteiger partial charge in [0.05, 0.1) is 4.90 Å². The van der Waals surface area contributed by atoms with Crippen LogP contribution in [0.1, 0.15) is 12.8 Å². The molecule has 94 valence electrons. The van der Waals surface area contributed by atoms with E-state index in [4.69, 9.17) is 4.74 Å². The second kappa shape index (κ2) is 4.05. The van der Waals surface area contributed by atoms with Gasteiger partial charge in [0, 0.05) is 37.1 Å². The molecule has 0 saturated carbocycles. The van der Waals surface area contributed by atoms with Crippen LogP contribution in [0, 0.1) is 5.41 Å². The maximum atomic E-state index is 12.2. The second-order valence-electron chi connectivity index (χ2n) is 4.84. The monoisotopic (exact) mass is 273 g/mol. The van der Waals surface area contributed by atoms with Crippen molar-refractivity contribution in [2.24, 2.45) is 5.41 Å². The molecule has 0 N–H and O–H groups in total. The molecule has 0 atom stereocenters. The van der Waals surface area contributed by atoms with Crippen LogP contribution >= 0.6 is 11.3 Å². The summed E-state index contributed by atoms with van der Waals surface area (Å²) >= 11 is 1.42. The number of hydrogen-bond acceptors (Lipinski definition) is 4. The van der Waals surface area contributed by atoms with Gasteiger partial charge in [-0.05, 0) is 24.3 Å². The Morgan fingerprint density at radius 1 is 1.29 bits per heavy atom. The molecule has 2 aliphatic rings. The van der Waals surface area contributed by atoms with Crippen molar-refractivity contribution in [3.8, 4) is 0 Å². The van der Waals surface area contributed by atoms with Crippen molar-refractivity contribution < 1.29 is 13.2 Å². The third kappa shape index (κ3) is 1.93. The van der Waals surface area contributed by atoms with Crippen molar-refractivity contribution in [2.45, 2.75) is 17.7 Å². The maximum absolute atomic E-state index is 12.2. The van der Waals surface area contributed by atoms with E-state index in [2.05, 4.69) is 0 Å². The Morgan fingerprint density at radius 3 is 2.59 bits per heavy atom. The Bertz CT molecular complexity index is 481. The smallest absolute Gasteiger partial charge is 0.243 e. The average molecular weight is 273 g/mol. The van der Waals surface area contributed by atoms with Gasteiger partial charge in [-0.1, -0.05) is 0 Å². The summed E-state index contributed by atoms with van der Waals surface area (Å²) in [6.07, 6.45) is 1.98. The van der Waals surface area contributed by atoms with Crippen molar-refractivity contribution in [1.82, 2.24) is 4.31 Å². The van der Waals surface area contributed by atoms with Crippen LogP contribution in [0.3, 0.4) is 0 Å². The van der Waals surface area contributed by atoms with Gasteiger partial charge < -0.3 is 4.74 Å². The summed E-state index contributed by atoms with van der Waals surface area (Å²) in [6.45, 7) is 2.86. The van der Waals surface area contributed by atoms with Crippen LogP contribution in [0.2, 0.25) is 0 Å². The first-order chi connectivity index (χ1) is 8.12. The minimum absolute atomic E-state index is 0.196. The van der Waals surface area contributed by atoms with Crippen LogP contribution in [0.25, 0.3) is 0 Å². The number of ether oxygens (including phenoxy) is 1. The maximum Gasteiger partial charge on any atom is 0.243 e. The van der Waals surface area contributed by atoms with Crippen LogP contribution in [0.15, 0.2) is 21.7 Å². The Morgan fingerprint density at radius 2 is 2.00 bits per heavy atom. The van der Waals surface area contributed by atoms with Gasteiger partial charge in [-0.2, -0.15) is 15.6 Å². The highest BCUT2D eigenvalue weighted by Gasteiger charge is 2.48. The molecule has 1 spiro atoms. The topological polar surface area (TPSA) is 46.6 Å². The number of hydrogen-bond donors (Lipinski definition) is 0. The van der Waals surface area contributed by atoms with Crippen LogP contribution < -0.4 is 0 Å². The molecule has 17 heavy (non-hydrogen) atoms. The lowest BCUT2D eigenvalue weighted by molar-refractivity contribution is -0.0476. The Balaban J connectivity index is 1.73. The molecule has 2 saturated heterocycles. The van der Waals surface area contributed by atoms with E-state index in [1.165, 1.54) is 11.3 Å². The fraction of sp³-hybridized carbons (Fsp3) is 0.636. The van der Waals surface area contributed by atoms with E-state index in [1.54, 1.807) is 21.1 Å². The summed E-state index contributed by atoms with van der Waals surface area (Å²) in [5.41, 5.74) is 0.196. The average Bonchev–Trinajstić information content (AvgIpc) is 2.81. The van der Waals surface area contributed by atoms with Crippen molar-refractivity contribution in [3.05, 3.63) is 16.8 Å². The molecule has 6 heteroatoms. The highest BCUT2D eigenvalue weighted by atomic mass is 32.2. The van der Waals surface area contributed by atoms with Gasteiger partial charge in [-0.25, -0.2) is 8.42 Å². The molecule has 3 heterocycles. The molecule has 0 unspecified atom stereocenters. The van der Waals surface area contributed by atoms with E-state index in [0.29, 0.717) is 18.0 Å². The second-order valence-corrected chi connectivity index (χ2v) is 7.56. The van der Waals surface area contributed by atoms with E-state index in [1.807, 2.05) is 0 Å². The zero-order valence-electron chi connectivity index (χ0n) is 9.46. The van der Waals surface area contributed by atoms with Crippen LogP contribution in [-0.4, -0.2) is 39.0 Å². The lowest BCUT2D eigenvalue weighted by atomic mass is 9.75. The zero-order valence-corrected chi connectivity index (χ0v) is 11.1. The van der Waals surface area contributed by atoms with E-state index < -0.39 is 10.0 Å². The van der Waals surface area contributed by atoms with Crippen LogP contribution in [-0.2, 0) is 14.8 Å². The summed E-state index contributed by atoms with van der Waals surface area (Å²) in [5.74, 6) is 0. The lowest BCUT2D eigenvalue weighted by Gasteiger charge is -2.51. The van der Waals surface area contributed by atoms with Gasteiger partial charge in [0.1, 0.15) is 0 Å². The molecule has 1 aromatic rings. The van der Waals surface area contributed by atoms with Crippen molar-refractivity contribution in [3.63, 3.8) is 0 Å². The van der Waals surface area contributed by atoms with Gasteiger partial charge in [0.2, 0.25) is 10.0 Å². The van der Waals surface area contributed by atoms with Gasteiger partial charge in [0.15, 0.2) is 0 Å². The molecule has 3 rings (SSSR count). The van der Waals surface area contributed by atoms with E-state index in [0.717, 1.165) is 26.1 Å². The molecular formula is C11H15NO3S2.